The summed E-state index contributed by atoms with van der Waals surface area (Å²) >= 11 is 7.97. The molecule has 8 amide bonds. The number of phenolic OH excluding ortho intramolecular Hbond substituents is 1. The Labute approximate surface area is 371 Å². The quantitative estimate of drug-likeness (QED) is 0.0459. The molecule has 346 valence electrons. The number of nitrogens with zero attached hydrogens (tertiary/aromatic N) is 1. The lowest BCUT2D eigenvalue weighted by Crippen LogP contribution is -2.59. The van der Waals surface area contributed by atoms with E-state index in [-0.39, 0.29) is 49.0 Å². The number of carbonyl (C=O) groups excluding carboxylic acids is 8. The maximum absolute atomic E-state index is 13.6. The molecule has 21 nitrogen and oxygen atoms in total. The zero-order chi connectivity index (χ0) is 46.8. The highest BCUT2D eigenvalue weighted by atomic mass is 32.1. The van der Waals surface area contributed by atoms with E-state index in [0.29, 0.717) is 12.0 Å². The van der Waals surface area contributed by atoms with Crippen LogP contribution in [0.1, 0.15) is 59.4 Å². The van der Waals surface area contributed by atoms with E-state index in [0.717, 1.165) is 0 Å². The van der Waals surface area contributed by atoms with Crippen LogP contribution in [0, 0.1) is 11.8 Å². The number of aliphatic hydroxyl groups excluding tert-OH is 1. The van der Waals surface area contributed by atoms with Gasteiger partial charge in [0.1, 0.15) is 48.0 Å². The van der Waals surface area contributed by atoms with Gasteiger partial charge < -0.3 is 63.2 Å². The van der Waals surface area contributed by atoms with E-state index in [1.807, 2.05) is 0 Å². The van der Waals surface area contributed by atoms with E-state index in [1.165, 1.54) is 24.0 Å². The van der Waals surface area contributed by atoms with Crippen LogP contribution in [-0.4, -0.2) is 153 Å². The zero-order valence-corrected chi connectivity index (χ0v) is 37.2. The van der Waals surface area contributed by atoms with Gasteiger partial charge in [0.25, 0.3) is 0 Å². The molecule has 1 fully saturated rings. The molecule has 1 aromatic rings. The number of likely N-dealkylation sites (tertiary alicyclic amines) is 1. The van der Waals surface area contributed by atoms with E-state index in [9.17, 15) is 58.5 Å². The number of phenols is 1. The standard InChI is InChI=1S/C39H61N9O12S2/c1-19(2)13-25(43-32(52)21(5)42-35(55)26(44-33(53)24(40)17-61)14-22-8-10-23(50)11-9-22)36(56)45-27(16-49)34(54)41-15-30(51)47-31(20(3)4)38(58)48-12-6-7-29(48)37(57)46-28(18-62)39(59)60/h8-11,19-21,24-29,31,49-50,61-62H,6-7,12-18,40H2,1-5H3,(H,41,54)(H,42,55)(H,43,52)(H,44,53)(H,45,56)(H,46,57)(H,47,51)(H,59,60)/t21-,24-,25-,26-,27-,28-,29-,31-/m0/s1. The molecule has 0 unspecified atom stereocenters. The summed E-state index contributed by atoms with van der Waals surface area (Å²) in [4.78, 5) is 118. The topological polar surface area (TPSA) is 328 Å². The van der Waals surface area contributed by atoms with E-state index >= 15 is 0 Å². The lowest BCUT2D eigenvalue weighted by Gasteiger charge is -2.31. The number of thiol groups is 2. The Hall–Kier alpha value is -5.13. The van der Waals surface area contributed by atoms with Crippen molar-refractivity contribution < 1.29 is 58.5 Å². The van der Waals surface area contributed by atoms with E-state index in [4.69, 9.17) is 5.73 Å². The maximum atomic E-state index is 13.6. The second kappa shape index (κ2) is 25.7. The zero-order valence-electron chi connectivity index (χ0n) is 35.4. The van der Waals surface area contributed by atoms with Gasteiger partial charge in [-0.15, -0.1) is 0 Å². The number of carbonyl (C=O) groups is 9. The monoisotopic (exact) mass is 911 g/mol. The number of amides is 8. The molecule has 62 heavy (non-hydrogen) atoms. The third-order valence-electron chi connectivity index (χ3n) is 9.76. The molecule has 12 N–H and O–H groups in total. The summed E-state index contributed by atoms with van der Waals surface area (Å²) in [5.41, 5.74) is 6.35. The summed E-state index contributed by atoms with van der Waals surface area (Å²) in [5.74, 6) is -8.20. The molecule has 1 aromatic carbocycles. The number of aliphatic hydroxyl groups is 1. The Bertz CT molecular complexity index is 1750. The lowest BCUT2D eigenvalue weighted by molar-refractivity contribution is -0.144. The van der Waals surface area contributed by atoms with Gasteiger partial charge in [0.05, 0.1) is 19.2 Å². The highest BCUT2D eigenvalue weighted by Gasteiger charge is 2.40. The molecule has 1 saturated heterocycles. The van der Waals surface area contributed by atoms with Crippen LogP contribution in [0.3, 0.4) is 0 Å². The van der Waals surface area contributed by atoms with E-state index in [1.54, 1.807) is 39.8 Å². The van der Waals surface area contributed by atoms with Crippen molar-refractivity contribution in [1.82, 2.24) is 42.1 Å². The first-order valence-corrected chi connectivity index (χ1v) is 21.4. The molecule has 1 heterocycles. The molecular formula is C39H61N9O12S2. The molecule has 0 aromatic heterocycles. The number of aromatic hydroxyl groups is 1. The number of nitrogens with one attached hydrogen (secondary N) is 7. The van der Waals surface area contributed by atoms with Crippen LogP contribution in [0.2, 0.25) is 0 Å². The fraction of sp³-hybridized carbons (Fsp3) is 0.615. The molecule has 1 aliphatic rings. The predicted molar refractivity (Wildman–Crippen MR) is 232 cm³/mol. The Kier molecular flexibility index (Phi) is 22.0. The second-order valence-electron chi connectivity index (χ2n) is 15.7. The molecule has 8 atom stereocenters. The van der Waals surface area contributed by atoms with Crippen LogP contribution in [-0.2, 0) is 49.6 Å². The molecule has 0 saturated carbocycles. The number of benzene rings is 1. The van der Waals surface area contributed by atoms with Gasteiger partial charge in [0.15, 0.2) is 0 Å². The number of aliphatic carboxylic acids is 1. The van der Waals surface area contributed by atoms with Crippen LogP contribution >= 0.6 is 25.3 Å². The lowest BCUT2D eigenvalue weighted by atomic mass is 10.0. The smallest absolute Gasteiger partial charge is 0.327 e. The van der Waals surface area contributed by atoms with Gasteiger partial charge in [-0.3, -0.25) is 38.4 Å². The summed E-state index contributed by atoms with van der Waals surface area (Å²) < 4.78 is 0. The highest BCUT2D eigenvalue weighted by Crippen LogP contribution is 2.21. The van der Waals surface area contributed by atoms with Crippen LogP contribution in [0.4, 0.5) is 0 Å². The van der Waals surface area contributed by atoms with Crippen molar-refractivity contribution in [3.05, 3.63) is 29.8 Å². The van der Waals surface area contributed by atoms with Crippen LogP contribution in [0.25, 0.3) is 0 Å². The summed E-state index contributed by atoms with van der Waals surface area (Å²) in [5, 5.41) is 46.2. The molecular weight excluding hydrogens is 851 g/mol. The van der Waals surface area contributed by atoms with Gasteiger partial charge >= 0.3 is 5.97 Å². The molecule has 0 radical (unpaired) electrons. The molecule has 0 aliphatic carbocycles. The molecule has 2 rings (SSSR count). The molecule has 23 heteroatoms. The van der Waals surface area contributed by atoms with Crippen molar-refractivity contribution in [3.63, 3.8) is 0 Å². The summed E-state index contributed by atoms with van der Waals surface area (Å²) in [6, 6.07) is -3.76. The molecule has 0 spiro atoms. The predicted octanol–water partition coefficient (Wildman–Crippen LogP) is -3.06. The number of rotatable bonds is 24. The van der Waals surface area contributed by atoms with E-state index in [2.05, 4.69) is 62.5 Å². The Morgan fingerprint density at radius 3 is 1.90 bits per heavy atom. The van der Waals surface area contributed by atoms with Gasteiger partial charge in [0.2, 0.25) is 47.3 Å². The van der Waals surface area contributed by atoms with Gasteiger partial charge in [-0.25, -0.2) is 4.79 Å². The second-order valence-corrected chi connectivity index (χ2v) is 16.4. The van der Waals surface area contributed by atoms with E-state index < -0.39 is 121 Å². The number of nitrogens with two attached hydrogens (primary N) is 1. The average Bonchev–Trinajstić information content (AvgIpc) is 3.72. The first-order chi connectivity index (χ1) is 29.1. The van der Waals surface area contributed by atoms with Gasteiger partial charge in [-0.1, -0.05) is 39.8 Å². The summed E-state index contributed by atoms with van der Waals surface area (Å²) in [6.07, 6.45) is 0.774. The minimum absolute atomic E-state index is 0.00600. The third kappa shape index (κ3) is 16.6. The maximum Gasteiger partial charge on any atom is 0.327 e. The fourth-order valence-corrected chi connectivity index (χ4v) is 6.66. The van der Waals surface area contributed by atoms with Crippen molar-refractivity contribution in [2.75, 3.05) is 31.2 Å². The van der Waals surface area contributed by atoms with Crippen molar-refractivity contribution in [2.24, 2.45) is 17.6 Å². The summed E-state index contributed by atoms with van der Waals surface area (Å²) in [7, 11) is 0. The van der Waals surface area contributed by atoms with Crippen molar-refractivity contribution >= 4 is 78.5 Å². The van der Waals surface area contributed by atoms with Gasteiger partial charge in [-0.2, -0.15) is 25.3 Å². The summed E-state index contributed by atoms with van der Waals surface area (Å²) in [6.45, 7) is 6.81. The normalized spacial score (nSPS) is 17.0. The number of hydrogen-bond acceptors (Lipinski definition) is 14. The van der Waals surface area contributed by atoms with Gasteiger partial charge in [0, 0.05) is 24.5 Å². The van der Waals surface area contributed by atoms with Crippen molar-refractivity contribution in [1.29, 1.82) is 0 Å². The van der Waals surface area contributed by atoms with Gasteiger partial charge in [-0.05, 0) is 55.7 Å². The Morgan fingerprint density at radius 1 is 0.758 bits per heavy atom. The first-order valence-electron chi connectivity index (χ1n) is 20.1. The Balaban J connectivity index is 2.06. The Morgan fingerprint density at radius 2 is 1.35 bits per heavy atom. The average molecular weight is 912 g/mol. The van der Waals surface area contributed by atoms with Crippen molar-refractivity contribution in [3.8, 4) is 5.75 Å². The first kappa shape index (κ1) is 53.0. The van der Waals surface area contributed by atoms with Crippen LogP contribution in [0.15, 0.2) is 24.3 Å². The largest absolute Gasteiger partial charge is 0.508 e. The van der Waals surface area contributed by atoms with Crippen molar-refractivity contribution in [2.45, 2.75) is 109 Å². The molecule has 1 aliphatic heterocycles. The van der Waals surface area contributed by atoms with Crippen LogP contribution < -0.4 is 43.0 Å². The molecule has 0 bridgehead atoms. The SMILES string of the molecule is CC(C)C[C@H](NC(=O)[C@H](C)NC(=O)[C@H](Cc1ccc(O)cc1)NC(=O)[C@@H](N)CS)C(=O)N[C@@H](CO)C(=O)NCC(=O)N[C@H](C(=O)N1CCC[C@H]1C(=O)N[C@@H](CS)C(=O)O)C(C)C. The number of carboxylic acids is 1. The number of carboxylic acid groups (broad SMARTS) is 1. The highest BCUT2D eigenvalue weighted by molar-refractivity contribution is 7.80. The third-order valence-corrected chi connectivity index (χ3v) is 10.5. The fourth-order valence-electron chi connectivity index (χ4n) is 6.25. The minimum Gasteiger partial charge on any atom is -0.508 e. The van der Waals surface area contributed by atoms with Crippen LogP contribution in [0.5, 0.6) is 5.75 Å². The minimum atomic E-state index is -1.58. The number of hydrogen-bond donors (Lipinski definition) is 13.